The maximum atomic E-state index is 12.9. The van der Waals surface area contributed by atoms with E-state index in [1.165, 1.54) is 4.80 Å². The molecule has 242 valence electrons. The molecule has 0 spiro atoms. The number of ether oxygens (including phenoxy) is 2. The summed E-state index contributed by atoms with van der Waals surface area (Å²) in [6.45, 7) is 6.05. The lowest BCUT2D eigenvalue weighted by atomic mass is 9.98. The van der Waals surface area contributed by atoms with Crippen LogP contribution in [0.4, 0.5) is 10.6 Å². The number of hydrogen-bond acceptors (Lipinski definition) is 13. The quantitative estimate of drug-likeness (QED) is 0.117. The number of aryl methyl sites for hydroxylation is 2. The Kier molecular flexibility index (Phi) is 10.6. The lowest BCUT2D eigenvalue weighted by Gasteiger charge is -2.29. The van der Waals surface area contributed by atoms with Gasteiger partial charge in [0.05, 0.1) is 25.1 Å². The zero-order chi connectivity index (χ0) is 32.6. The predicted molar refractivity (Wildman–Crippen MR) is 162 cm³/mol. The van der Waals surface area contributed by atoms with E-state index in [4.69, 9.17) is 19.9 Å². The van der Waals surface area contributed by atoms with Crippen molar-refractivity contribution in [2.24, 2.45) is 0 Å². The van der Waals surface area contributed by atoms with Gasteiger partial charge >= 0.3 is 6.16 Å². The van der Waals surface area contributed by atoms with E-state index in [2.05, 4.69) is 30.2 Å². The Morgan fingerprint density at radius 1 is 0.978 bits per heavy atom. The molecule has 1 aliphatic rings. The number of carbonyl (C=O) groups excluding carboxylic acids is 2. The molecule has 0 aliphatic carbocycles. The first kappa shape index (κ1) is 32.6. The molecule has 1 unspecified atom stereocenters. The molecule has 4 aromatic rings. The molecule has 5 rings (SSSR count). The second kappa shape index (κ2) is 15.0. The lowest BCUT2D eigenvalue weighted by Crippen LogP contribution is -2.36. The summed E-state index contributed by atoms with van der Waals surface area (Å²) < 4.78 is 10.4. The first-order valence-corrected chi connectivity index (χ1v) is 15.0. The van der Waals surface area contributed by atoms with Crippen LogP contribution >= 0.6 is 0 Å². The predicted octanol–water partition coefficient (Wildman–Crippen LogP) is 4.75. The summed E-state index contributed by atoms with van der Waals surface area (Å²) in [5.41, 5.74) is 5.46. The lowest BCUT2D eigenvalue weighted by molar-refractivity contribution is -0.492. The highest BCUT2D eigenvalue weighted by molar-refractivity contribution is 5.95. The molecule has 1 amide bonds. The SMILES string of the molecule is Cc1nc(C)c2c(n1)N(Cc1ccc(-c3ccccc3-c3nnn(C(C)OC(=O)OCCCCCON(O)O)n3)cc1)C(=O)CC2. The van der Waals surface area contributed by atoms with Gasteiger partial charge in [-0.15, -0.1) is 15.0 Å². The van der Waals surface area contributed by atoms with Gasteiger partial charge in [0, 0.05) is 23.2 Å². The summed E-state index contributed by atoms with van der Waals surface area (Å²) in [7, 11) is 0. The molecule has 46 heavy (non-hydrogen) atoms. The molecule has 0 saturated heterocycles. The Balaban J connectivity index is 1.21. The minimum absolute atomic E-state index is 0.0433. The zero-order valence-corrected chi connectivity index (χ0v) is 25.9. The van der Waals surface area contributed by atoms with Crippen molar-refractivity contribution in [2.45, 2.75) is 65.6 Å². The third kappa shape index (κ3) is 8.06. The fourth-order valence-electron chi connectivity index (χ4n) is 5.17. The van der Waals surface area contributed by atoms with E-state index in [0.717, 1.165) is 33.5 Å². The average Bonchev–Trinajstić information content (AvgIpc) is 3.53. The second-order valence-corrected chi connectivity index (χ2v) is 10.8. The molecule has 15 nitrogen and oxygen atoms in total. The third-order valence-electron chi connectivity index (χ3n) is 7.46. The highest BCUT2D eigenvalue weighted by Crippen LogP contribution is 2.32. The summed E-state index contributed by atoms with van der Waals surface area (Å²) in [5.74, 6) is 1.74. The Morgan fingerprint density at radius 3 is 2.48 bits per heavy atom. The van der Waals surface area contributed by atoms with Crippen molar-refractivity contribution in [2.75, 3.05) is 18.1 Å². The van der Waals surface area contributed by atoms with E-state index < -0.39 is 12.4 Å². The summed E-state index contributed by atoms with van der Waals surface area (Å²) >= 11 is 0. The van der Waals surface area contributed by atoms with E-state index in [1.54, 1.807) is 11.8 Å². The van der Waals surface area contributed by atoms with E-state index in [0.29, 0.717) is 56.1 Å². The van der Waals surface area contributed by atoms with Gasteiger partial charge < -0.3 is 9.47 Å². The molecule has 2 aromatic carbocycles. The van der Waals surface area contributed by atoms with Crippen LogP contribution in [0.25, 0.3) is 22.5 Å². The molecule has 15 heteroatoms. The minimum atomic E-state index is -0.868. The van der Waals surface area contributed by atoms with Crippen molar-refractivity contribution >= 4 is 17.9 Å². The second-order valence-electron chi connectivity index (χ2n) is 10.8. The van der Waals surface area contributed by atoms with Crippen LogP contribution in [0.2, 0.25) is 0 Å². The molecule has 1 aliphatic heterocycles. The number of amides is 1. The van der Waals surface area contributed by atoms with E-state index in [9.17, 15) is 9.59 Å². The van der Waals surface area contributed by atoms with Crippen molar-refractivity contribution < 1.29 is 34.3 Å². The van der Waals surface area contributed by atoms with Crippen molar-refractivity contribution in [1.29, 1.82) is 0 Å². The molecule has 2 aromatic heterocycles. The van der Waals surface area contributed by atoms with Gasteiger partial charge in [0.25, 0.3) is 0 Å². The van der Waals surface area contributed by atoms with Gasteiger partial charge in [-0.25, -0.2) is 14.8 Å². The van der Waals surface area contributed by atoms with Crippen LogP contribution in [0.15, 0.2) is 48.5 Å². The van der Waals surface area contributed by atoms with Gasteiger partial charge in [0.1, 0.15) is 11.6 Å². The Morgan fingerprint density at radius 2 is 1.72 bits per heavy atom. The summed E-state index contributed by atoms with van der Waals surface area (Å²) in [4.78, 5) is 41.5. The van der Waals surface area contributed by atoms with Gasteiger partial charge in [-0.1, -0.05) is 48.5 Å². The summed E-state index contributed by atoms with van der Waals surface area (Å²) in [6, 6.07) is 15.6. The van der Waals surface area contributed by atoms with Gasteiger partial charge in [-0.05, 0) is 68.4 Å². The zero-order valence-electron chi connectivity index (χ0n) is 25.9. The third-order valence-corrected chi connectivity index (χ3v) is 7.46. The Bertz CT molecular complexity index is 1660. The number of nitrogens with zero attached hydrogens (tertiary/aromatic N) is 8. The van der Waals surface area contributed by atoms with Crippen molar-refractivity contribution in [1.82, 2.24) is 35.6 Å². The highest BCUT2D eigenvalue weighted by Gasteiger charge is 2.28. The number of anilines is 1. The normalized spacial score (nSPS) is 13.5. The monoisotopic (exact) mass is 632 g/mol. The average molecular weight is 633 g/mol. The fourth-order valence-corrected chi connectivity index (χ4v) is 5.17. The number of carbonyl (C=O) groups is 2. The van der Waals surface area contributed by atoms with Crippen molar-refractivity contribution in [3.05, 3.63) is 71.2 Å². The molecule has 3 heterocycles. The fraction of sp³-hybridized carbons (Fsp3) is 0.387. The maximum Gasteiger partial charge on any atom is 0.510 e. The van der Waals surface area contributed by atoms with Gasteiger partial charge in [-0.2, -0.15) is 0 Å². The minimum Gasteiger partial charge on any atom is -0.434 e. The maximum absolute atomic E-state index is 12.9. The number of hydrogen-bond donors (Lipinski definition) is 2. The molecular formula is C31H36N8O7. The van der Waals surface area contributed by atoms with Crippen LogP contribution in [0.3, 0.4) is 0 Å². The van der Waals surface area contributed by atoms with E-state index >= 15 is 0 Å². The largest absolute Gasteiger partial charge is 0.510 e. The Labute approximate surface area is 265 Å². The van der Waals surface area contributed by atoms with Crippen LogP contribution in [0, 0.1) is 13.8 Å². The summed E-state index contributed by atoms with van der Waals surface area (Å²) in [6.07, 6.45) is 1.09. The number of aromatic nitrogens is 6. The first-order valence-electron chi connectivity index (χ1n) is 15.0. The molecule has 0 saturated carbocycles. The van der Waals surface area contributed by atoms with Crippen LogP contribution in [-0.4, -0.2) is 71.3 Å². The van der Waals surface area contributed by atoms with Crippen molar-refractivity contribution in [3.8, 4) is 22.5 Å². The molecule has 0 bridgehead atoms. The van der Waals surface area contributed by atoms with Crippen LogP contribution in [0.1, 0.15) is 61.5 Å². The number of tetrazole rings is 1. The molecule has 1 atom stereocenters. The summed E-state index contributed by atoms with van der Waals surface area (Å²) in [5, 5.41) is 29.4. The van der Waals surface area contributed by atoms with Crippen LogP contribution in [0.5, 0.6) is 0 Å². The van der Waals surface area contributed by atoms with Crippen LogP contribution in [-0.2, 0) is 32.1 Å². The number of rotatable bonds is 13. The number of benzene rings is 2. The smallest absolute Gasteiger partial charge is 0.434 e. The first-order chi connectivity index (χ1) is 22.2. The molecular weight excluding hydrogens is 596 g/mol. The molecule has 2 N–H and O–H groups in total. The number of fused-ring (bicyclic) bond motifs is 1. The van der Waals surface area contributed by atoms with Gasteiger partial charge in [0.2, 0.25) is 18.0 Å². The van der Waals surface area contributed by atoms with Gasteiger partial charge in [0.15, 0.2) is 0 Å². The number of unbranched alkanes of at least 4 members (excludes halogenated alkanes) is 2. The van der Waals surface area contributed by atoms with Gasteiger partial charge in [-0.3, -0.25) is 24.9 Å². The molecule has 0 fully saturated rings. The Hall–Kier alpha value is -4.83. The standard InChI is InChI=1S/C31H36N8O7/c1-20-25-15-16-28(40)37(30(25)33-21(2)32-20)19-23-11-13-24(14-12-23)26-9-5-6-10-27(26)29-34-36-38(35-29)22(3)46-31(41)44-17-7-4-8-18-45-39(42)43/h5-6,9-14,22,42-43H,4,7-8,15-19H2,1-3H3. The van der Waals surface area contributed by atoms with E-state index in [1.807, 2.05) is 62.4 Å². The highest BCUT2D eigenvalue weighted by atomic mass is 17.1. The topological polar surface area (TPSA) is 178 Å². The van der Waals surface area contributed by atoms with Crippen molar-refractivity contribution in [3.63, 3.8) is 0 Å². The van der Waals surface area contributed by atoms with E-state index in [-0.39, 0.29) is 24.5 Å². The van der Waals surface area contributed by atoms with Crippen LogP contribution < -0.4 is 4.90 Å². The molecule has 0 radical (unpaired) electrons.